The van der Waals surface area contributed by atoms with Crippen LogP contribution in [0.2, 0.25) is 0 Å². The minimum absolute atomic E-state index is 0.206. The number of carbonyl (C=O) groups is 2. The number of nitrogens with one attached hydrogen (secondary N) is 1. The van der Waals surface area contributed by atoms with Gasteiger partial charge in [-0.15, -0.1) is 0 Å². The molecule has 1 amide bonds. The van der Waals surface area contributed by atoms with Crippen LogP contribution >= 0.6 is 0 Å². The van der Waals surface area contributed by atoms with Crippen LogP contribution in [0.1, 0.15) is 26.7 Å². The van der Waals surface area contributed by atoms with Crippen LogP contribution in [0.4, 0.5) is 5.69 Å². The molecule has 0 bridgehead atoms. The lowest BCUT2D eigenvalue weighted by Crippen LogP contribution is -2.56. The summed E-state index contributed by atoms with van der Waals surface area (Å²) in [4.78, 5) is 23.9. The van der Waals surface area contributed by atoms with Crippen molar-refractivity contribution in [3.63, 3.8) is 0 Å². The van der Waals surface area contributed by atoms with Crippen molar-refractivity contribution in [1.82, 2.24) is 4.31 Å². The minimum Gasteiger partial charge on any atom is -0.482 e. The first-order valence-corrected chi connectivity index (χ1v) is 9.80. The van der Waals surface area contributed by atoms with Crippen molar-refractivity contribution < 1.29 is 27.5 Å². The fraction of sp³-hybridized carbons (Fsp3) is 0.529. The lowest BCUT2D eigenvalue weighted by molar-refractivity contribution is -0.145. The Balaban J connectivity index is 2.02. The highest BCUT2D eigenvalue weighted by Crippen LogP contribution is 2.32. The molecule has 0 spiro atoms. The Labute approximate surface area is 153 Å². The smallest absolute Gasteiger partial charge is 0.344 e. The molecule has 1 atom stereocenters. The van der Waals surface area contributed by atoms with Crippen molar-refractivity contribution in [2.24, 2.45) is 0 Å². The molecule has 1 aromatic rings. The number of benzene rings is 1. The molecule has 1 N–H and O–H groups in total. The number of sulfonamides is 1. The van der Waals surface area contributed by atoms with Crippen molar-refractivity contribution in [2.45, 2.75) is 31.4 Å². The lowest BCUT2D eigenvalue weighted by Gasteiger charge is -2.36. The van der Waals surface area contributed by atoms with Gasteiger partial charge in [-0.25, -0.2) is 17.5 Å². The Kier molecular flexibility index (Phi) is 6.25. The Hall–Kier alpha value is -2.13. The van der Waals surface area contributed by atoms with Crippen LogP contribution in [0.25, 0.3) is 0 Å². The highest BCUT2D eigenvalue weighted by atomic mass is 32.2. The number of hydrogen-bond donors (Lipinski definition) is 1. The highest BCUT2D eigenvalue weighted by molar-refractivity contribution is 7.91. The zero-order valence-electron chi connectivity index (χ0n) is 15.1. The van der Waals surface area contributed by atoms with Gasteiger partial charge in [0, 0.05) is 19.3 Å². The number of rotatable bonds is 6. The predicted molar refractivity (Wildman–Crippen MR) is 96.4 cm³/mol. The van der Waals surface area contributed by atoms with Gasteiger partial charge in [0.25, 0.3) is 0 Å². The Morgan fingerprint density at radius 2 is 1.92 bits per heavy atom. The van der Waals surface area contributed by atoms with Gasteiger partial charge in [0.05, 0.1) is 6.61 Å². The highest BCUT2D eigenvalue weighted by Gasteiger charge is 2.50. The number of esters is 1. The number of anilines is 1. The second-order valence-corrected chi connectivity index (χ2v) is 8.71. The van der Waals surface area contributed by atoms with Crippen LogP contribution in [-0.2, 0) is 24.3 Å². The number of hydrogen-bond acceptors (Lipinski definition) is 6. The molecule has 1 aliphatic rings. The molecule has 9 heteroatoms. The maximum Gasteiger partial charge on any atom is 0.344 e. The molecule has 0 saturated carbocycles. The molecule has 8 nitrogen and oxygen atoms in total. The van der Waals surface area contributed by atoms with Gasteiger partial charge in [-0.2, -0.15) is 0 Å². The molecule has 0 aliphatic carbocycles. The standard InChI is InChI=1S/C17H24N2O6S/c1-4-24-15(20)12-25-14-8-6-13(7-9-14)18-16(21)17(2)10-5-11-19(3)26(17,22)23/h6-9H,4-5,10-12H2,1-3H3,(H,18,21)/t17-/m1/s1. The SMILES string of the molecule is CCOC(=O)COc1ccc(NC(=O)[C@@]2(C)CCCN(C)S2(=O)=O)cc1. The number of ether oxygens (including phenoxy) is 2. The second kappa shape index (κ2) is 8.05. The van der Waals surface area contributed by atoms with Crippen molar-refractivity contribution in [1.29, 1.82) is 0 Å². The van der Waals surface area contributed by atoms with Gasteiger partial charge in [-0.1, -0.05) is 0 Å². The summed E-state index contributed by atoms with van der Waals surface area (Å²) in [5, 5.41) is 2.65. The molecule has 0 aromatic heterocycles. The Bertz CT molecular complexity index is 762. The number of nitrogens with zero attached hydrogens (tertiary/aromatic N) is 1. The molecule has 2 rings (SSSR count). The Morgan fingerprint density at radius 1 is 1.27 bits per heavy atom. The van der Waals surface area contributed by atoms with E-state index in [9.17, 15) is 18.0 Å². The van der Waals surface area contributed by atoms with Gasteiger partial charge >= 0.3 is 5.97 Å². The van der Waals surface area contributed by atoms with E-state index in [1.807, 2.05) is 0 Å². The summed E-state index contributed by atoms with van der Waals surface area (Å²) < 4.78 is 34.8. The largest absolute Gasteiger partial charge is 0.482 e. The maximum atomic E-state index is 12.6. The molecule has 0 radical (unpaired) electrons. The van der Waals surface area contributed by atoms with E-state index in [2.05, 4.69) is 5.32 Å². The monoisotopic (exact) mass is 384 g/mol. The second-order valence-electron chi connectivity index (χ2n) is 6.23. The normalized spacial score (nSPS) is 22.4. The molecule has 144 valence electrons. The Morgan fingerprint density at radius 3 is 2.54 bits per heavy atom. The van der Waals surface area contributed by atoms with E-state index in [4.69, 9.17) is 9.47 Å². The third-order valence-electron chi connectivity index (χ3n) is 4.36. The fourth-order valence-electron chi connectivity index (χ4n) is 2.71. The third kappa shape index (κ3) is 4.16. The summed E-state index contributed by atoms with van der Waals surface area (Å²) in [5.74, 6) is -0.596. The van der Waals surface area contributed by atoms with Crippen LogP contribution < -0.4 is 10.1 Å². The van der Waals surface area contributed by atoms with Crippen LogP contribution in [0, 0.1) is 0 Å². The van der Waals surface area contributed by atoms with Gasteiger partial charge < -0.3 is 14.8 Å². The summed E-state index contributed by atoms with van der Waals surface area (Å²) in [6.07, 6.45) is 0.895. The summed E-state index contributed by atoms with van der Waals surface area (Å²) >= 11 is 0. The number of amides is 1. The van der Waals surface area contributed by atoms with E-state index in [1.54, 1.807) is 31.2 Å². The van der Waals surface area contributed by atoms with E-state index >= 15 is 0 Å². The third-order valence-corrected chi connectivity index (χ3v) is 6.89. The molecule has 26 heavy (non-hydrogen) atoms. The van der Waals surface area contributed by atoms with E-state index in [0.717, 1.165) is 0 Å². The van der Waals surface area contributed by atoms with Gasteiger partial charge in [0.2, 0.25) is 15.9 Å². The first-order valence-electron chi connectivity index (χ1n) is 8.36. The predicted octanol–water partition coefficient (Wildman–Crippen LogP) is 1.38. The van der Waals surface area contributed by atoms with Crippen molar-refractivity contribution >= 4 is 27.6 Å². The summed E-state index contributed by atoms with van der Waals surface area (Å²) in [5.41, 5.74) is 0.447. The van der Waals surface area contributed by atoms with Crippen LogP contribution in [-0.4, -0.2) is 56.2 Å². The van der Waals surface area contributed by atoms with E-state index in [0.29, 0.717) is 24.4 Å². The summed E-state index contributed by atoms with van der Waals surface area (Å²) in [6.45, 7) is 3.65. The average molecular weight is 384 g/mol. The van der Waals surface area contributed by atoms with Gasteiger partial charge in [-0.3, -0.25) is 4.79 Å². The van der Waals surface area contributed by atoms with Crippen LogP contribution in [0.15, 0.2) is 24.3 Å². The number of carbonyl (C=O) groups excluding carboxylic acids is 2. The molecule has 1 saturated heterocycles. The van der Waals surface area contributed by atoms with Crippen molar-refractivity contribution in [3.05, 3.63) is 24.3 Å². The fourth-order valence-corrected chi connectivity index (χ4v) is 4.45. The lowest BCUT2D eigenvalue weighted by atomic mass is 10.0. The zero-order valence-corrected chi connectivity index (χ0v) is 16.0. The summed E-state index contributed by atoms with van der Waals surface area (Å²) in [6, 6.07) is 6.33. The first kappa shape index (κ1) is 20.2. The molecule has 1 heterocycles. The molecular weight excluding hydrogens is 360 g/mol. The van der Waals surface area contributed by atoms with Crippen LogP contribution in [0.3, 0.4) is 0 Å². The topological polar surface area (TPSA) is 102 Å². The van der Waals surface area contributed by atoms with Crippen LogP contribution in [0.5, 0.6) is 5.75 Å². The minimum atomic E-state index is -3.71. The van der Waals surface area contributed by atoms with Gasteiger partial charge in [0.15, 0.2) is 11.4 Å². The molecular formula is C17H24N2O6S. The van der Waals surface area contributed by atoms with Crippen molar-refractivity contribution in [2.75, 3.05) is 32.1 Å². The van der Waals surface area contributed by atoms with E-state index in [-0.39, 0.29) is 19.6 Å². The average Bonchev–Trinajstić information content (AvgIpc) is 2.59. The zero-order chi connectivity index (χ0) is 19.4. The maximum absolute atomic E-state index is 12.6. The van der Waals surface area contributed by atoms with Gasteiger partial charge in [0.1, 0.15) is 5.75 Å². The van der Waals surface area contributed by atoms with E-state index < -0.39 is 26.6 Å². The van der Waals surface area contributed by atoms with Crippen molar-refractivity contribution in [3.8, 4) is 5.75 Å². The molecule has 1 aliphatic heterocycles. The van der Waals surface area contributed by atoms with Gasteiger partial charge in [-0.05, 0) is 51.0 Å². The molecule has 0 unspecified atom stereocenters. The summed E-state index contributed by atoms with van der Waals surface area (Å²) in [7, 11) is -2.23. The van der Waals surface area contributed by atoms with E-state index in [1.165, 1.54) is 18.3 Å². The molecule has 1 fully saturated rings. The first-order chi connectivity index (χ1) is 12.2. The quantitative estimate of drug-likeness (QED) is 0.744. The molecule has 1 aromatic carbocycles.